The Kier molecular flexibility index (Phi) is 5.42. The van der Waals surface area contributed by atoms with Crippen molar-refractivity contribution in [2.75, 3.05) is 5.73 Å². The van der Waals surface area contributed by atoms with Crippen LogP contribution in [0.15, 0.2) is 65.3 Å². The number of nitrogens with two attached hydrogens (primary N) is 1. The average molecular weight is 420 g/mol. The van der Waals surface area contributed by atoms with Crippen LogP contribution in [0.4, 0.5) is 5.69 Å². The summed E-state index contributed by atoms with van der Waals surface area (Å²) < 4.78 is 5.78. The highest BCUT2D eigenvalue weighted by molar-refractivity contribution is 6.37. The number of carbonyl (C=O) groups is 1. The van der Waals surface area contributed by atoms with Crippen LogP contribution in [0.5, 0.6) is 0 Å². The van der Waals surface area contributed by atoms with E-state index in [9.17, 15) is 4.79 Å². The summed E-state index contributed by atoms with van der Waals surface area (Å²) in [4.78, 5) is 16.9. The van der Waals surface area contributed by atoms with E-state index in [1.165, 1.54) is 6.07 Å². The predicted molar refractivity (Wildman–Crippen MR) is 111 cm³/mol. The topological polar surface area (TPSA) is 69.1 Å². The Morgan fingerprint density at radius 3 is 2.56 bits per heavy atom. The van der Waals surface area contributed by atoms with Crippen LogP contribution in [0.2, 0.25) is 10.0 Å². The summed E-state index contributed by atoms with van der Waals surface area (Å²) in [5.41, 5.74) is 9.11. The van der Waals surface area contributed by atoms with Gasteiger partial charge in [-0.1, -0.05) is 35.3 Å². The van der Waals surface area contributed by atoms with E-state index >= 15 is 0 Å². The van der Waals surface area contributed by atoms with Crippen LogP contribution in [0.3, 0.4) is 0 Å². The number of aromatic nitrogens is 1. The van der Waals surface area contributed by atoms with E-state index in [1.807, 2.05) is 30.3 Å². The molecule has 0 aliphatic carbocycles. The maximum Gasteiger partial charge on any atom is 0.231 e. The van der Waals surface area contributed by atoms with Gasteiger partial charge in [-0.3, -0.25) is 9.78 Å². The molecule has 0 spiro atoms. The number of fused-ring (bicyclic) bond motifs is 1. The van der Waals surface area contributed by atoms with Crippen molar-refractivity contribution in [3.8, 4) is 11.1 Å². The van der Waals surface area contributed by atoms with Gasteiger partial charge in [-0.2, -0.15) is 0 Å². The molecule has 0 aliphatic rings. The molecule has 136 valence electrons. The number of hydrogen-bond donors (Lipinski definition) is 1. The number of nitrogen functional groups attached to an aromatic ring is 1. The molecule has 7 heteroatoms. The van der Waals surface area contributed by atoms with Crippen LogP contribution < -0.4 is 5.73 Å². The van der Waals surface area contributed by atoms with Crippen LogP contribution in [-0.2, 0) is 0 Å². The van der Waals surface area contributed by atoms with Crippen molar-refractivity contribution < 1.29 is 9.21 Å². The minimum Gasteiger partial charge on any atom is -0.450 e. The van der Waals surface area contributed by atoms with Gasteiger partial charge in [0.2, 0.25) is 5.78 Å². The molecule has 2 N–H and O–H groups in total. The SMILES string of the molecule is Cl.Nc1c(C(=O)c2ccc(Cl)cc2Cl)oc2cc(-c3cccnc3)ccc12. The van der Waals surface area contributed by atoms with Crippen molar-refractivity contribution >= 4 is 58.0 Å². The van der Waals surface area contributed by atoms with Crippen LogP contribution in [0.25, 0.3) is 22.1 Å². The molecular weight excluding hydrogens is 407 g/mol. The number of hydrogen-bond acceptors (Lipinski definition) is 4. The Bertz CT molecular complexity index is 1140. The highest BCUT2D eigenvalue weighted by Crippen LogP contribution is 2.34. The minimum atomic E-state index is -0.386. The Morgan fingerprint density at radius 2 is 1.85 bits per heavy atom. The van der Waals surface area contributed by atoms with Gasteiger partial charge in [-0.05, 0) is 42.0 Å². The number of benzene rings is 2. The maximum atomic E-state index is 12.8. The minimum absolute atomic E-state index is 0. The summed E-state index contributed by atoms with van der Waals surface area (Å²) in [6, 6.07) is 14.0. The lowest BCUT2D eigenvalue weighted by Crippen LogP contribution is -2.03. The zero-order valence-corrected chi connectivity index (χ0v) is 16.1. The molecule has 2 aromatic heterocycles. The van der Waals surface area contributed by atoms with Gasteiger partial charge in [0, 0.05) is 33.9 Å². The van der Waals surface area contributed by atoms with Crippen LogP contribution in [-0.4, -0.2) is 10.8 Å². The van der Waals surface area contributed by atoms with Gasteiger partial charge in [-0.25, -0.2) is 0 Å². The first-order valence-electron chi connectivity index (χ1n) is 7.77. The molecule has 0 bridgehead atoms. The molecule has 0 radical (unpaired) electrons. The third kappa shape index (κ3) is 3.52. The van der Waals surface area contributed by atoms with Crippen molar-refractivity contribution in [2.24, 2.45) is 0 Å². The quantitative estimate of drug-likeness (QED) is 0.411. The van der Waals surface area contributed by atoms with Crippen molar-refractivity contribution in [1.82, 2.24) is 4.98 Å². The molecule has 2 aromatic carbocycles. The van der Waals surface area contributed by atoms with Crippen LogP contribution >= 0.6 is 35.6 Å². The molecule has 27 heavy (non-hydrogen) atoms. The van der Waals surface area contributed by atoms with Crippen molar-refractivity contribution in [2.45, 2.75) is 0 Å². The van der Waals surface area contributed by atoms with E-state index in [2.05, 4.69) is 4.98 Å². The van der Waals surface area contributed by atoms with E-state index < -0.39 is 0 Å². The summed E-state index contributed by atoms with van der Waals surface area (Å²) in [6.07, 6.45) is 3.46. The lowest BCUT2D eigenvalue weighted by Gasteiger charge is -2.02. The molecule has 2 heterocycles. The molecule has 4 rings (SSSR count). The highest BCUT2D eigenvalue weighted by Gasteiger charge is 2.22. The first-order valence-corrected chi connectivity index (χ1v) is 8.52. The number of carbonyl (C=O) groups excluding carboxylic acids is 1. The number of pyridine rings is 1. The second kappa shape index (κ2) is 7.61. The van der Waals surface area contributed by atoms with E-state index in [-0.39, 0.29) is 40.2 Å². The highest BCUT2D eigenvalue weighted by atomic mass is 35.5. The Balaban J connectivity index is 0.00000210. The first kappa shape index (κ1) is 19.2. The number of rotatable bonds is 3. The molecule has 0 saturated carbocycles. The third-order valence-corrected chi connectivity index (χ3v) is 4.65. The monoisotopic (exact) mass is 418 g/mol. The third-order valence-electron chi connectivity index (χ3n) is 4.11. The molecule has 0 saturated heterocycles. The standard InChI is InChI=1S/C20H12Cl2N2O2.ClH/c21-13-4-6-14(16(22)9-13)19(25)20-18(23)15-5-3-11(8-17(15)26-20)12-2-1-7-24-10-12;/h1-10H,23H2;1H. The Labute approximate surface area is 171 Å². The van der Waals surface area contributed by atoms with Crippen LogP contribution in [0.1, 0.15) is 16.1 Å². The van der Waals surface area contributed by atoms with Crippen molar-refractivity contribution in [3.05, 3.63) is 82.3 Å². The Hall–Kier alpha value is -2.53. The molecule has 4 nitrogen and oxygen atoms in total. The van der Waals surface area contributed by atoms with Crippen molar-refractivity contribution in [1.29, 1.82) is 0 Å². The number of furan rings is 1. The fourth-order valence-corrected chi connectivity index (χ4v) is 3.29. The second-order valence-corrected chi connectivity index (χ2v) is 6.59. The normalized spacial score (nSPS) is 10.6. The number of halogens is 3. The Morgan fingerprint density at radius 1 is 1.04 bits per heavy atom. The van der Waals surface area contributed by atoms with Gasteiger partial charge in [0.05, 0.1) is 10.7 Å². The van der Waals surface area contributed by atoms with E-state index in [1.54, 1.807) is 24.5 Å². The van der Waals surface area contributed by atoms with E-state index in [0.717, 1.165) is 11.1 Å². The average Bonchev–Trinajstić information content (AvgIpc) is 2.98. The maximum absolute atomic E-state index is 12.8. The summed E-state index contributed by atoms with van der Waals surface area (Å²) in [5.74, 6) is -0.323. The van der Waals surface area contributed by atoms with Gasteiger partial charge < -0.3 is 10.2 Å². The fraction of sp³-hybridized carbons (Fsp3) is 0. The summed E-state index contributed by atoms with van der Waals surface area (Å²) >= 11 is 12.0. The lowest BCUT2D eigenvalue weighted by molar-refractivity contribution is 0.101. The summed E-state index contributed by atoms with van der Waals surface area (Å²) in [6.45, 7) is 0. The summed E-state index contributed by atoms with van der Waals surface area (Å²) in [7, 11) is 0. The van der Waals surface area contributed by atoms with Gasteiger partial charge in [0.1, 0.15) is 5.58 Å². The molecule has 0 atom stereocenters. The molecule has 4 aromatic rings. The molecule has 0 unspecified atom stereocenters. The lowest BCUT2D eigenvalue weighted by atomic mass is 10.0. The van der Waals surface area contributed by atoms with Crippen LogP contribution in [0, 0.1) is 0 Å². The fourth-order valence-electron chi connectivity index (χ4n) is 2.79. The van der Waals surface area contributed by atoms with Gasteiger partial charge >= 0.3 is 0 Å². The first-order chi connectivity index (χ1) is 12.5. The zero-order valence-electron chi connectivity index (χ0n) is 13.8. The molecular formula is C20H13Cl3N2O2. The van der Waals surface area contributed by atoms with E-state index in [4.69, 9.17) is 33.4 Å². The number of ketones is 1. The van der Waals surface area contributed by atoms with Gasteiger partial charge in [0.25, 0.3) is 0 Å². The molecule has 0 fully saturated rings. The molecule has 0 aliphatic heterocycles. The zero-order chi connectivity index (χ0) is 18.3. The molecule has 0 amide bonds. The van der Waals surface area contributed by atoms with E-state index in [0.29, 0.717) is 16.0 Å². The predicted octanol–water partition coefficient (Wildman–Crippen LogP) is 6.04. The number of anilines is 1. The largest absolute Gasteiger partial charge is 0.450 e. The smallest absolute Gasteiger partial charge is 0.231 e. The van der Waals surface area contributed by atoms with Gasteiger partial charge in [-0.15, -0.1) is 12.4 Å². The van der Waals surface area contributed by atoms with Gasteiger partial charge in [0.15, 0.2) is 5.76 Å². The summed E-state index contributed by atoms with van der Waals surface area (Å²) in [5, 5.41) is 1.37. The number of nitrogens with zero attached hydrogens (tertiary/aromatic N) is 1. The van der Waals surface area contributed by atoms with Crippen molar-refractivity contribution in [3.63, 3.8) is 0 Å². The second-order valence-electron chi connectivity index (χ2n) is 5.75.